The molecule has 18 heavy (non-hydrogen) atoms. The summed E-state index contributed by atoms with van der Waals surface area (Å²) in [6.07, 6.45) is -0.743. The molecule has 1 aromatic carbocycles. The van der Waals surface area contributed by atoms with Crippen LogP contribution in [0.3, 0.4) is 0 Å². The molecule has 1 aromatic rings. The number of thiocarbonyl (C=S) groups is 1. The van der Waals surface area contributed by atoms with Crippen molar-refractivity contribution in [3.05, 3.63) is 30.1 Å². The van der Waals surface area contributed by atoms with Gasteiger partial charge < -0.3 is 10.1 Å². The third-order valence-corrected chi connectivity index (χ3v) is 2.72. The molecule has 1 unspecified atom stereocenters. The summed E-state index contributed by atoms with van der Waals surface area (Å²) in [6.45, 7) is 2.61. The van der Waals surface area contributed by atoms with Crippen molar-refractivity contribution in [1.29, 1.82) is 0 Å². The van der Waals surface area contributed by atoms with E-state index in [1.165, 1.54) is 17.0 Å². The Hall–Kier alpha value is -1.69. The Morgan fingerprint density at radius 2 is 2.44 bits per heavy atom. The van der Waals surface area contributed by atoms with Crippen LogP contribution in [0.25, 0.3) is 0 Å². The van der Waals surface area contributed by atoms with Gasteiger partial charge in [0.2, 0.25) is 0 Å². The molecule has 0 aliphatic carbocycles. The first kappa shape index (κ1) is 12.8. The number of anilines is 1. The fourth-order valence-corrected chi connectivity index (χ4v) is 1.82. The van der Waals surface area contributed by atoms with Gasteiger partial charge in [0.05, 0.1) is 23.8 Å². The monoisotopic (exact) mass is 268 g/mol. The van der Waals surface area contributed by atoms with Gasteiger partial charge in [0, 0.05) is 0 Å². The first-order chi connectivity index (χ1) is 8.56. The van der Waals surface area contributed by atoms with Crippen LogP contribution in [-0.4, -0.2) is 30.3 Å². The largest absolute Gasteiger partial charge is 0.442 e. The fraction of sp³-hybridized carbons (Fsp3) is 0.333. The summed E-state index contributed by atoms with van der Waals surface area (Å²) in [7, 11) is 0. The van der Waals surface area contributed by atoms with Crippen molar-refractivity contribution in [2.24, 2.45) is 0 Å². The van der Waals surface area contributed by atoms with Crippen molar-refractivity contribution in [2.75, 3.05) is 18.0 Å². The molecule has 0 spiro atoms. The van der Waals surface area contributed by atoms with Crippen LogP contribution in [-0.2, 0) is 4.74 Å². The molecule has 2 rings (SSSR count). The molecule has 1 aliphatic rings. The van der Waals surface area contributed by atoms with E-state index < -0.39 is 6.09 Å². The maximum absolute atomic E-state index is 13.1. The van der Waals surface area contributed by atoms with E-state index >= 15 is 0 Å². The molecular weight excluding hydrogens is 255 g/mol. The van der Waals surface area contributed by atoms with Gasteiger partial charge in [-0.3, -0.25) is 4.90 Å². The molecule has 0 aromatic heterocycles. The van der Waals surface area contributed by atoms with E-state index in [-0.39, 0.29) is 11.9 Å². The number of ether oxygens (including phenoxy) is 1. The van der Waals surface area contributed by atoms with Gasteiger partial charge in [0.25, 0.3) is 0 Å². The molecule has 0 saturated carbocycles. The maximum atomic E-state index is 13.1. The average molecular weight is 268 g/mol. The first-order valence-corrected chi connectivity index (χ1v) is 5.95. The van der Waals surface area contributed by atoms with Gasteiger partial charge in [-0.2, -0.15) is 0 Å². The number of hydrogen-bond acceptors (Lipinski definition) is 3. The molecule has 1 fully saturated rings. The maximum Gasteiger partial charge on any atom is 0.414 e. The summed E-state index contributed by atoms with van der Waals surface area (Å²) in [5.74, 6) is -0.378. The lowest BCUT2D eigenvalue weighted by Crippen LogP contribution is -2.32. The zero-order valence-corrected chi connectivity index (χ0v) is 10.7. The predicted octanol–water partition coefficient (Wildman–Crippen LogP) is 2.09. The van der Waals surface area contributed by atoms with Crippen LogP contribution in [0.2, 0.25) is 0 Å². The predicted molar refractivity (Wildman–Crippen MR) is 70.3 cm³/mol. The first-order valence-electron chi connectivity index (χ1n) is 5.54. The lowest BCUT2D eigenvalue weighted by atomic mass is 10.2. The van der Waals surface area contributed by atoms with E-state index in [4.69, 9.17) is 17.0 Å². The van der Waals surface area contributed by atoms with Crippen LogP contribution in [0.4, 0.5) is 14.9 Å². The normalized spacial score (nSPS) is 18.7. The SMILES string of the molecule is CC(=S)NCC1CN(c2cccc(F)c2)C(=O)O1. The van der Waals surface area contributed by atoms with Gasteiger partial charge in [0.1, 0.15) is 11.9 Å². The molecule has 96 valence electrons. The van der Waals surface area contributed by atoms with Crippen LogP contribution in [0.5, 0.6) is 0 Å². The van der Waals surface area contributed by atoms with Gasteiger partial charge in [0.15, 0.2) is 0 Å². The number of carbonyl (C=O) groups is 1. The van der Waals surface area contributed by atoms with Crippen molar-refractivity contribution in [2.45, 2.75) is 13.0 Å². The minimum absolute atomic E-state index is 0.279. The van der Waals surface area contributed by atoms with E-state index in [0.717, 1.165) is 0 Å². The molecule has 1 atom stereocenters. The Balaban J connectivity index is 2.03. The summed E-state index contributed by atoms with van der Waals surface area (Å²) < 4.78 is 18.3. The summed E-state index contributed by atoms with van der Waals surface area (Å²) >= 11 is 4.88. The smallest absolute Gasteiger partial charge is 0.414 e. The van der Waals surface area contributed by atoms with Crippen molar-refractivity contribution in [3.63, 3.8) is 0 Å². The Labute approximate surface area is 110 Å². The van der Waals surface area contributed by atoms with E-state index in [9.17, 15) is 9.18 Å². The third kappa shape index (κ3) is 2.95. The number of amides is 1. The van der Waals surface area contributed by atoms with E-state index in [0.29, 0.717) is 23.8 Å². The highest BCUT2D eigenvalue weighted by Gasteiger charge is 2.32. The van der Waals surface area contributed by atoms with E-state index in [1.54, 1.807) is 19.1 Å². The Kier molecular flexibility index (Phi) is 3.76. The van der Waals surface area contributed by atoms with Crippen LogP contribution >= 0.6 is 12.2 Å². The molecule has 0 bridgehead atoms. The number of cyclic esters (lactones) is 1. The van der Waals surface area contributed by atoms with Crippen LogP contribution in [0, 0.1) is 5.82 Å². The van der Waals surface area contributed by atoms with E-state index in [1.807, 2.05) is 0 Å². The van der Waals surface area contributed by atoms with E-state index in [2.05, 4.69) is 5.32 Å². The molecule has 1 amide bonds. The van der Waals surface area contributed by atoms with Crippen LogP contribution in [0.15, 0.2) is 24.3 Å². The minimum Gasteiger partial charge on any atom is -0.442 e. The summed E-state index contributed by atoms with van der Waals surface area (Å²) in [5.41, 5.74) is 0.501. The molecule has 6 heteroatoms. The van der Waals surface area contributed by atoms with Gasteiger partial charge in [-0.1, -0.05) is 18.3 Å². The Bertz CT molecular complexity index is 481. The zero-order chi connectivity index (χ0) is 13.1. The lowest BCUT2D eigenvalue weighted by molar-refractivity contribution is 0.143. The van der Waals surface area contributed by atoms with Crippen LogP contribution in [0.1, 0.15) is 6.92 Å². The fourth-order valence-electron chi connectivity index (χ4n) is 1.74. The van der Waals surface area contributed by atoms with Crippen molar-refractivity contribution < 1.29 is 13.9 Å². The Morgan fingerprint density at radius 1 is 1.67 bits per heavy atom. The summed E-state index contributed by atoms with van der Waals surface area (Å²) in [5, 5.41) is 2.94. The summed E-state index contributed by atoms with van der Waals surface area (Å²) in [4.78, 5) is 13.7. The third-order valence-electron chi connectivity index (χ3n) is 2.57. The number of hydrogen-bond donors (Lipinski definition) is 1. The molecule has 1 heterocycles. The number of benzene rings is 1. The van der Waals surface area contributed by atoms with Crippen molar-refractivity contribution >= 4 is 29.0 Å². The van der Waals surface area contributed by atoms with Gasteiger partial charge in [-0.15, -0.1) is 0 Å². The molecule has 1 N–H and O–H groups in total. The highest BCUT2D eigenvalue weighted by atomic mass is 32.1. The number of nitrogens with one attached hydrogen (secondary N) is 1. The molecule has 1 aliphatic heterocycles. The molecule has 1 saturated heterocycles. The van der Waals surface area contributed by atoms with Gasteiger partial charge in [-0.25, -0.2) is 9.18 Å². The Morgan fingerprint density at radius 3 is 3.11 bits per heavy atom. The second-order valence-electron chi connectivity index (χ2n) is 4.03. The zero-order valence-electron chi connectivity index (χ0n) is 9.85. The highest BCUT2D eigenvalue weighted by Crippen LogP contribution is 2.21. The highest BCUT2D eigenvalue weighted by molar-refractivity contribution is 7.80. The molecule has 0 radical (unpaired) electrons. The second-order valence-corrected chi connectivity index (χ2v) is 4.65. The second kappa shape index (κ2) is 5.30. The topological polar surface area (TPSA) is 41.6 Å². The van der Waals surface area contributed by atoms with Crippen molar-refractivity contribution in [3.8, 4) is 0 Å². The number of nitrogens with zero attached hydrogens (tertiary/aromatic N) is 1. The quantitative estimate of drug-likeness (QED) is 0.852. The number of halogens is 1. The summed E-state index contributed by atoms with van der Waals surface area (Å²) in [6, 6.07) is 5.87. The standard InChI is InChI=1S/C12H13FN2O2S/c1-8(18)14-6-11-7-15(12(16)17-11)10-4-2-3-9(13)5-10/h2-5,11H,6-7H2,1H3,(H,14,18). The number of carbonyl (C=O) groups excluding carboxylic acids is 1. The van der Waals surface area contributed by atoms with Gasteiger partial charge >= 0.3 is 6.09 Å². The molecule has 4 nitrogen and oxygen atoms in total. The average Bonchev–Trinajstić information content (AvgIpc) is 2.68. The molecular formula is C12H13FN2O2S. The van der Waals surface area contributed by atoms with Gasteiger partial charge in [-0.05, 0) is 25.1 Å². The minimum atomic E-state index is -0.463. The number of rotatable bonds is 3. The van der Waals surface area contributed by atoms with Crippen molar-refractivity contribution in [1.82, 2.24) is 5.32 Å². The van der Waals surface area contributed by atoms with Crippen LogP contribution < -0.4 is 10.2 Å². The lowest BCUT2D eigenvalue weighted by Gasteiger charge is -2.13.